The molecule has 0 aromatic heterocycles. The van der Waals surface area contributed by atoms with Crippen LogP contribution < -0.4 is 5.32 Å². The van der Waals surface area contributed by atoms with Crippen LogP contribution in [0.25, 0.3) is 0 Å². The van der Waals surface area contributed by atoms with E-state index in [2.05, 4.69) is 35.9 Å². The molecular formula is C14H30ClN3. The summed E-state index contributed by atoms with van der Waals surface area (Å²) in [5.74, 6) is 0. The number of nitrogens with zero attached hydrogens (tertiary/aromatic N) is 2. The van der Waals surface area contributed by atoms with E-state index in [0.29, 0.717) is 11.5 Å². The number of nitrogens with one attached hydrogen (secondary N) is 1. The summed E-state index contributed by atoms with van der Waals surface area (Å²) >= 11 is 0. The highest BCUT2D eigenvalue weighted by molar-refractivity contribution is 5.85. The Morgan fingerprint density at radius 2 is 1.94 bits per heavy atom. The fourth-order valence-corrected chi connectivity index (χ4v) is 3.21. The lowest BCUT2D eigenvalue weighted by Crippen LogP contribution is -2.40. The Hall–Kier alpha value is 0.170. The Morgan fingerprint density at radius 3 is 2.56 bits per heavy atom. The third kappa shape index (κ3) is 4.37. The largest absolute Gasteiger partial charge is 0.316 e. The maximum atomic E-state index is 3.51. The molecule has 1 atom stereocenters. The second-order valence-corrected chi connectivity index (χ2v) is 6.50. The molecule has 108 valence electrons. The maximum Gasteiger partial charge on any atom is 0.0112 e. The summed E-state index contributed by atoms with van der Waals surface area (Å²) in [7, 11) is 0. The first kappa shape index (κ1) is 16.2. The summed E-state index contributed by atoms with van der Waals surface area (Å²) in [6.07, 6.45) is 2.68. The molecule has 1 unspecified atom stereocenters. The topological polar surface area (TPSA) is 18.5 Å². The molecule has 0 aromatic rings. The maximum absolute atomic E-state index is 3.51. The smallest absolute Gasteiger partial charge is 0.0112 e. The van der Waals surface area contributed by atoms with E-state index in [1.807, 2.05) is 0 Å². The van der Waals surface area contributed by atoms with Gasteiger partial charge in [0, 0.05) is 32.2 Å². The van der Waals surface area contributed by atoms with Gasteiger partial charge < -0.3 is 10.2 Å². The average Bonchev–Trinajstić information content (AvgIpc) is 2.56. The van der Waals surface area contributed by atoms with Gasteiger partial charge in [-0.2, -0.15) is 0 Å². The highest BCUT2D eigenvalue weighted by Gasteiger charge is 2.31. The van der Waals surface area contributed by atoms with Gasteiger partial charge >= 0.3 is 0 Å². The summed E-state index contributed by atoms with van der Waals surface area (Å²) in [6, 6.07) is 0.707. The molecule has 3 nitrogen and oxygen atoms in total. The van der Waals surface area contributed by atoms with Crippen LogP contribution in [-0.4, -0.2) is 61.7 Å². The fourth-order valence-electron chi connectivity index (χ4n) is 3.21. The molecule has 2 rings (SSSR count). The Kier molecular flexibility index (Phi) is 6.39. The van der Waals surface area contributed by atoms with Gasteiger partial charge in [-0.1, -0.05) is 6.92 Å². The Labute approximate surface area is 119 Å². The molecule has 2 aliphatic heterocycles. The van der Waals surface area contributed by atoms with Crippen LogP contribution in [0.15, 0.2) is 0 Å². The Bertz CT molecular complexity index is 239. The van der Waals surface area contributed by atoms with Gasteiger partial charge in [-0.15, -0.1) is 12.4 Å². The molecule has 1 N–H and O–H groups in total. The van der Waals surface area contributed by atoms with Gasteiger partial charge in [0.25, 0.3) is 0 Å². The summed E-state index contributed by atoms with van der Waals surface area (Å²) in [5, 5.41) is 3.51. The summed E-state index contributed by atoms with van der Waals surface area (Å²) < 4.78 is 0. The molecule has 2 saturated heterocycles. The first-order valence-corrected chi connectivity index (χ1v) is 7.26. The van der Waals surface area contributed by atoms with Crippen LogP contribution in [0, 0.1) is 5.41 Å². The van der Waals surface area contributed by atoms with Crippen molar-refractivity contribution < 1.29 is 0 Å². The number of hydrogen-bond donors (Lipinski definition) is 1. The quantitative estimate of drug-likeness (QED) is 0.848. The SMILES string of the molecule is CC(C)N1CCCN(CC2(C)CCNC2)CC1.Cl. The zero-order chi connectivity index (χ0) is 12.3. The van der Waals surface area contributed by atoms with Gasteiger partial charge in [-0.3, -0.25) is 4.90 Å². The summed E-state index contributed by atoms with van der Waals surface area (Å²) in [5.41, 5.74) is 0.521. The molecule has 0 saturated carbocycles. The van der Waals surface area contributed by atoms with Crippen molar-refractivity contribution in [1.29, 1.82) is 0 Å². The van der Waals surface area contributed by atoms with E-state index in [-0.39, 0.29) is 12.4 Å². The Balaban J connectivity index is 0.00000162. The zero-order valence-electron chi connectivity index (χ0n) is 12.2. The van der Waals surface area contributed by atoms with E-state index >= 15 is 0 Å². The van der Waals surface area contributed by atoms with Crippen molar-refractivity contribution >= 4 is 12.4 Å². The van der Waals surface area contributed by atoms with Crippen LogP contribution in [0.3, 0.4) is 0 Å². The van der Waals surface area contributed by atoms with Crippen molar-refractivity contribution in [2.75, 3.05) is 45.8 Å². The van der Waals surface area contributed by atoms with Gasteiger partial charge in [0.05, 0.1) is 0 Å². The molecule has 2 aliphatic rings. The molecule has 0 aliphatic carbocycles. The molecule has 2 fully saturated rings. The van der Waals surface area contributed by atoms with Crippen molar-refractivity contribution in [3.05, 3.63) is 0 Å². The molecule has 0 aromatic carbocycles. The number of rotatable bonds is 3. The van der Waals surface area contributed by atoms with Crippen molar-refractivity contribution in [2.24, 2.45) is 5.41 Å². The minimum atomic E-state index is 0. The Morgan fingerprint density at radius 1 is 1.17 bits per heavy atom. The average molecular weight is 276 g/mol. The molecule has 18 heavy (non-hydrogen) atoms. The second-order valence-electron chi connectivity index (χ2n) is 6.50. The highest BCUT2D eigenvalue weighted by atomic mass is 35.5. The van der Waals surface area contributed by atoms with Crippen LogP contribution >= 0.6 is 12.4 Å². The second kappa shape index (κ2) is 7.09. The molecule has 0 spiro atoms. The van der Waals surface area contributed by atoms with Gasteiger partial charge in [0.1, 0.15) is 0 Å². The zero-order valence-corrected chi connectivity index (χ0v) is 13.1. The van der Waals surface area contributed by atoms with E-state index in [0.717, 1.165) is 0 Å². The van der Waals surface area contributed by atoms with Crippen LogP contribution in [-0.2, 0) is 0 Å². The third-order valence-corrected chi connectivity index (χ3v) is 4.42. The standard InChI is InChI=1S/C14H29N3.ClH/c1-13(2)17-8-4-7-16(9-10-17)12-14(3)5-6-15-11-14;/h13,15H,4-12H2,1-3H3;1H. The predicted molar refractivity (Wildman–Crippen MR) is 80.6 cm³/mol. The predicted octanol–water partition coefficient (Wildman–Crippen LogP) is 1.82. The van der Waals surface area contributed by atoms with Gasteiger partial charge in [-0.05, 0) is 51.7 Å². The van der Waals surface area contributed by atoms with E-state index < -0.39 is 0 Å². The first-order chi connectivity index (χ1) is 8.09. The highest BCUT2D eigenvalue weighted by Crippen LogP contribution is 2.26. The third-order valence-electron chi connectivity index (χ3n) is 4.42. The van der Waals surface area contributed by atoms with Crippen LogP contribution in [0.1, 0.15) is 33.6 Å². The van der Waals surface area contributed by atoms with Crippen molar-refractivity contribution in [2.45, 2.75) is 39.7 Å². The van der Waals surface area contributed by atoms with Crippen molar-refractivity contribution in [3.63, 3.8) is 0 Å². The molecule has 4 heteroatoms. The minimum absolute atomic E-state index is 0. The lowest BCUT2D eigenvalue weighted by molar-refractivity contribution is 0.173. The first-order valence-electron chi connectivity index (χ1n) is 7.26. The van der Waals surface area contributed by atoms with Gasteiger partial charge in [-0.25, -0.2) is 0 Å². The van der Waals surface area contributed by atoms with E-state index in [4.69, 9.17) is 0 Å². The lowest BCUT2D eigenvalue weighted by Gasteiger charge is -2.31. The molecule has 0 bridgehead atoms. The minimum Gasteiger partial charge on any atom is -0.316 e. The van der Waals surface area contributed by atoms with Crippen molar-refractivity contribution in [1.82, 2.24) is 15.1 Å². The summed E-state index contributed by atoms with van der Waals surface area (Å²) in [4.78, 5) is 5.31. The fraction of sp³-hybridized carbons (Fsp3) is 1.00. The number of halogens is 1. The van der Waals surface area contributed by atoms with E-state index in [9.17, 15) is 0 Å². The number of hydrogen-bond acceptors (Lipinski definition) is 3. The van der Waals surface area contributed by atoms with Crippen LogP contribution in [0.4, 0.5) is 0 Å². The van der Waals surface area contributed by atoms with Crippen LogP contribution in [0.5, 0.6) is 0 Å². The van der Waals surface area contributed by atoms with Crippen LogP contribution in [0.2, 0.25) is 0 Å². The normalized spacial score (nSPS) is 31.3. The van der Waals surface area contributed by atoms with E-state index in [1.54, 1.807) is 0 Å². The van der Waals surface area contributed by atoms with Crippen molar-refractivity contribution in [3.8, 4) is 0 Å². The summed E-state index contributed by atoms with van der Waals surface area (Å²) in [6.45, 7) is 15.9. The lowest BCUT2D eigenvalue weighted by atomic mass is 9.89. The molecule has 2 heterocycles. The van der Waals surface area contributed by atoms with Gasteiger partial charge in [0.15, 0.2) is 0 Å². The molecule has 0 radical (unpaired) electrons. The van der Waals surface area contributed by atoms with Gasteiger partial charge in [0.2, 0.25) is 0 Å². The molecular weight excluding hydrogens is 246 g/mol. The monoisotopic (exact) mass is 275 g/mol. The molecule has 0 amide bonds. The van der Waals surface area contributed by atoms with E-state index in [1.165, 1.54) is 58.7 Å².